The first kappa shape index (κ1) is 16.5. The summed E-state index contributed by atoms with van der Waals surface area (Å²) in [6.45, 7) is 3.73. The fourth-order valence-electron chi connectivity index (χ4n) is 2.59. The molecule has 1 amide bonds. The Kier molecular flexibility index (Phi) is 5.24. The Morgan fingerprint density at radius 1 is 1.36 bits per heavy atom. The molecule has 22 heavy (non-hydrogen) atoms. The van der Waals surface area contributed by atoms with Gasteiger partial charge in [0.25, 0.3) is 0 Å². The Morgan fingerprint density at radius 3 is 2.55 bits per heavy atom. The van der Waals surface area contributed by atoms with Gasteiger partial charge in [-0.05, 0) is 12.5 Å². The van der Waals surface area contributed by atoms with Crippen molar-refractivity contribution in [1.29, 1.82) is 0 Å². The Balaban J connectivity index is 2.11. The van der Waals surface area contributed by atoms with Crippen LogP contribution in [0.1, 0.15) is 24.5 Å². The van der Waals surface area contributed by atoms with Crippen LogP contribution < -0.4 is 0 Å². The monoisotopic (exact) mass is 321 g/mol. The molecule has 118 valence electrons. The van der Waals surface area contributed by atoms with Gasteiger partial charge >= 0.3 is 5.97 Å². The van der Waals surface area contributed by atoms with Crippen molar-refractivity contribution in [2.24, 2.45) is 0 Å². The Labute approximate surface area is 133 Å². The molecule has 1 aromatic rings. The van der Waals surface area contributed by atoms with Crippen molar-refractivity contribution in [2.75, 3.05) is 6.54 Å². The number of rotatable bonds is 5. The minimum absolute atomic E-state index is 0.0509. The van der Waals surface area contributed by atoms with Crippen LogP contribution in [0.3, 0.4) is 0 Å². The summed E-state index contributed by atoms with van der Waals surface area (Å²) < 4.78 is 0. The number of aryl methyl sites for hydroxylation is 1. The molecule has 1 aromatic carbocycles. The van der Waals surface area contributed by atoms with Crippen molar-refractivity contribution in [3.63, 3.8) is 0 Å². The third kappa shape index (κ3) is 4.10. The average Bonchev–Trinajstić information content (AvgIpc) is 2.77. The summed E-state index contributed by atoms with van der Waals surface area (Å²) in [5.74, 6) is -1.21. The highest BCUT2D eigenvalue weighted by Gasteiger charge is 2.38. The molecule has 5 nitrogen and oxygen atoms in total. The highest BCUT2D eigenvalue weighted by molar-refractivity contribution is 8.14. The van der Waals surface area contributed by atoms with Gasteiger partial charge in [0.2, 0.25) is 5.91 Å². The molecular weight excluding hydrogens is 302 g/mol. The van der Waals surface area contributed by atoms with Gasteiger partial charge in [-0.25, -0.2) is 4.79 Å². The first-order valence-corrected chi connectivity index (χ1v) is 8.00. The molecule has 1 fully saturated rings. The van der Waals surface area contributed by atoms with E-state index in [0.29, 0.717) is 6.54 Å². The molecule has 1 N–H and O–H groups in total. The SMILES string of the molecule is CC(=O)SC1CC(=O)N([C@@H](Cc2ccc(C)cc2)C(=O)O)C1. The molecule has 0 aromatic heterocycles. The number of carboxylic acid groups (broad SMARTS) is 1. The maximum Gasteiger partial charge on any atom is 0.326 e. The summed E-state index contributed by atoms with van der Waals surface area (Å²) in [6.07, 6.45) is 0.501. The number of thioether (sulfide) groups is 1. The second-order valence-electron chi connectivity index (χ2n) is 5.53. The lowest BCUT2D eigenvalue weighted by Crippen LogP contribution is -2.43. The van der Waals surface area contributed by atoms with E-state index < -0.39 is 12.0 Å². The molecule has 2 rings (SSSR count). The highest BCUT2D eigenvalue weighted by Crippen LogP contribution is 2.26. The van der Waals surface area contributed by atoms with Crippen LogP contribution >= 0.6 is 11.8 Å². The van der Waals surface area contributed by atoms with Crippen LogP contribution in [0, 0.1) is 6.92 Å². The fraction of sp³-hybridized carbons (Fsp3) is 0.438. The van der Waals surface area contributed by atoms with Crippen molar-refractivity contribution in [3.8, 4) is 0 Å². The van der Waals surface area contributed by atoms with Gasteiger partial charge in [0, 0.05) is 31.6 Å². The Hall–Kier alpha value is -1.82. The number of likely N-dealkylation sites (tertiary alicyclic amines) is 1. The Bertz CT molecular complexity index is 584. The van der Waals surface area contributed by atoms with Gasteiger partial charge in [-0.2, -0.15) is 0 Å². The standard InChI is InChI=1S/C16H19NO4S/c1-10-3-5-12(6-4-10)7-14(16(20)21)17-9-13(8-15(17)19)22-11(2)18/h3-6,13-14H,7-9H2,1-2H3,(H,20,21)/t13?,14-/m0/s1. The summed E-state index contributed by atoms with van der Waals surface area (Å²) in [4.78, 5) is 36.2. The predicted octanol–water partition coefficient (Wildman–Crippen LogP) is 1.87. The summed E-state index contributed by atoms with van der Waals surface area (Å²) in [5, 5.41) is 9.27. The van der Waals surface area contributed by atoms with Crippen LogP contribution in [0.15, 0.2) is 24.3 Å². The van der Waals surface area contributed by atoms with Gasteiger partial charge in [0.1, 0.15) is 6.04 Å². The summed E-state index contributed by atoms with van der Waals surface area (Å²) in [6, 6.07) is 6.73. The summed E-state index contributed by atoms with van der Waals surface area (Å²) in [7, 11) is 0. The van der Waals surface area contributed by atoms with E-state index in [0.717, 1.165) is 22.9 Å². The molecule has 0 spiro atoms. The molecule has 1 saturated heterocycles. The molecule has 2 atom stereocenters. The lowest BCUT2D eigenvalue weighted by atomic mass is 10.0. The summed E-state index contributed by atoms with van der Waals surface area (Å²) in [5.41, 5.74) is 1.99. The maximum atomic E-state index is 12.1. The third-order valence-electron chi connectivity index (χ3n) is 3.67. The second kappa shape index (κ2) is 6.96. The van der Waals surface area contributed by atoms with Crippen molar-refractivity contribution in [3.05, 3.63) is 35.4 Å². The first-order chi connectivity index (χ1) is 10.4. The highest BCUT2D eigenvalue weighted by atomic mass is 32.2. The van der Waals surface area contributed by atoms with E-state index in [1.807, 2.05) is 31.2 Å². The van der Waals surface area contributed by atoms with Gasteiger partial charge in [-0.15, -0.1) is 0 Å². The molecule has 1 aliphatic rings. The van der Waals surface area contributed by atoms with E-state index >= 15 is 0 Å². The van der Waals surface area contributed by atoms with Crippen molar-refractivity contribution in [1.82, 2.24) is 4.90 Å². The first-order valence-electron chi connectivity index (χ1n) is 7.12. The molecule has 0 radical (unpaired) electrons. The summed E-state index contributed by atoms with van der Waals surface area (Å²) >= 11 is 1.11. The number of carboxylic acids is 1. The lowest BCUT2D eigenvalue weighted by Gasteiger charge is -2.24. The molecule has 0 saturated carbocycles. The van der Waals surface area contributed by atoms with E-state index in [-0.39, 0.29) is 29.1 Å². The normalized spacial score (nSPS) is 19.3. The van der Waals surface area contributed by atoms with Gasteiger partial charge in [0.15, 0.2) is 5.12 Å². The molecule has 1 heterocycles. The van der Waals surface area contributed by atoms with E-state index in [9.17, 15) is 19.5 Å². The van der Waals surface area contributed by atoms with Gasteiger partial charge in [0.05, 0.1) is 0 Å². The second-order valence-corrected chi connectivity index (χ2v) is 7.00. The van der Waals surface area contributed by atoms with E-state index in [1.165, 1.54) is 11.8 Å². The quantitative estimate of drug-likeness (QED) is 0.896. The lowest BCUT2D eigenvalue weighted by molar-refractivity contribution is -0.148. The molecule has 0 bridgehead atoms. The van der Waals surface area contributed by atoms with Crippen LogP contribution in [0.4, 0.5) is 0 Å². The van der Waals surface area contributed by atoms with Gasteiger partial charge in [-0.1, -0.05) is 41.6 Å². The van der Waals surface area contributed by atoms with Crippen LogP contribution in [-0.4, -0.2) is 44.8 Å². The minimum Gasteiger partial charge on any atom is -0.480 e. The van der Waals surface area contributed by atoms with Crippen LogP contribution in [0.2, 0.25) is 0 Å². The average molecular weight is 321 g/mol. The van der Waals surface area contributed by atoms with Crippen LogP contribution in [-0.2, 0) is 20.8 Å². The largest absolute Gasteiger partial charge is 0.480 e. The minimum atomic E-state index is -1.01. The number of nitrogens with zero attached hydrogens (tertiary/aromatic N) is 1. The molecule has 1 unspecified atom stereocenters. The predicted molar refractivity (Wildman–Crippen MR) is 84.7 cm³/mol. The Morgan fingerprint density at radius 2 is 2.00 bits per heavy atom. The van der Waals surface area contributed by atoms with Crippen molar-refractivity contribution < 1.29 is 19.5 Å². The number of amides is 1. The van der Waals surface area contributed by atoms with Crippen LogP contribution in [0.5, 0.6) is 0 Å². The third-order valence-corrected chi connectivity index (χ3v) is 4.65. The molecular formula is C16H19NO4S. The van der Waals surface area contributed by atoms with Crippen molar-refractivity contribution >= 4 is 28.8 Å². The molecule has 0 aliphatic carbocycles. The van der Waals surface area contributed by atoms with E-state index in [1.54, 1.807) is 0 Å². The smallest absolute Gasteiger partial charge is 0.326 e. The zero-order valence-corrected chi connectivity index (χ0v) is 13.4. The number of hydrogen-bond donors (Lipinski definition) is 1. The number of aliphatic carboxylic acids is 1. The molecule has 6 heteroatoms. The van der Waals surface area contributed by atoms with Gasteiger partial charge in [-0.3, -0.25) is 9.59 Å². The number of hydrogen-bond acceptors (Lipinski definition) is 4. The maximum absolute atomic E-state index is 12.1. The number of benzene rings is 1. The van der Waals surface area contributed by atoms with Crippen LogP contribution in [0.25, 0.3) is 0 Å². The van der Waals surface area contributed by atoms with Crippen molar-refractivity contribution in [2.45, 2.75) is 38.0 Å². The van der Waals surface area contributed by atoms with E-state index in [4.69, 9.17) is 0 Å². The fourth-order valence-corrected chi connectivity index (χ4v) is 3.52. The zero-order valence-electron chi connectivity index (χ0n) is 12.6. The zero-order chi connectivity index (χ0) is 16.3. The number of carbonyl (C=O) groups excluding carboxylic acids is 2. The topological polar surface area (TPSA) is 74.7 Å². The van der Waals surface area contributed by atoms with E-state index in [2.05, 4.69) is 0 Å². The number of carbonyl (C=O) groups is 3. The van der Waals surface area contributed by atoms with Gasteiger partial charge < -0.3 is 10.0 Å². The molecule has 1 aliphatic heterocycles.